The summed E-state index contributed by atoms with van der Waals surface area (Å²) in [7, 11) is 0. The van der Waals surface area contributed by atoms with Crippen LogP contribution in [0.2, 0.25) is 0 Å². The summed E-state index contributed by atoms with van der Waals surface area (Å²) in [5, 5.41) is 3.56. The van der Waals surface area contributed by atoms with Gasteiger partial charge in [-0.1, -0.05) is 26.2 Å². The Kier molecular flexibility index (Phi) is 3.84. The molecule has 2 nitrogen and oxygen atoms in total. The van der Waals surface area contributed by atoms with Crippen molar-refractivity contribution in [2.75, 3.05) is 6.54 Å². The van der Waals surface area contributed by atoms with Crippen LogP contribution < -0.4 is 5.32 Å². The summed E-state index contributed by atoms with van der Waals surface area (Å²) < 4.78 is 5.54. The topological polar surface area (TPSA) is 25.2 Å². The molecule has 1 N–H and O–H groups in total. The highest BCUT2D eigenvalue weighted by Crippen LogP contribution is 2.34. The zero-order chi connectivity index (χ0) is 10.5. The number of hydrogen-bond acceptors (Lipinski definition) is 2. The molecule has 1 aliphatic rings. The Balaban J connectivity index is 2.04. The van der Waals surface area contributed by atoms with Crippen molar-refractivity contribution in [2.45, 2.75) is 45.1 Å². The quantitative estimate of drug-likeness (QED) is 0.817. The normalized spacial score (nSPS) is 20.3. The average molecular weight is 207 g/mol. The first kappa shape index (κ1) is 10.7. The van der Waals surface area contributed by atoms with Crippen molar-refractivity contribution in [1.82, 2.24) is 5.32 Å². The molecular weight excluding hydrogens is 186 g/mol. The van der Waals surface area contributed by atoms with E-state index in [1.54, 1.807) is 6.26 Å². The molecule has 1 saturated carbocycles. The molecule has 1 atom stereocenters. The lowest BCUT2D eigenvalue weighted by Crippen LogP contribution is -2.29. The zero-order valence-corrected chi connectivity index (χ0v) is 9.54. The number of furan rings is 1. The molecule has 2 rings (SSSR count). The first-order valence-corrected chi connectivity index (χ1v) is 6.18. The van der Waals surface area contributed by atoms with Crippen molar-refractivity contribution in [3.63, 3.8) is 0 Å². The maximum absolute atomic E-state index is 5.54. The van der Waals surface area contributed by atoms with E-state index in [4.69, 9.17) is 4.42 Å². The van der Waals surface area contributed by atoms with Gasteiger partial charge in [-0.25, -0.2) is 0 Å². The second-order valence-electron chi connectivity index (χ2n) is 4.45. The molecule has 84 valence electrons. The summed E-state index contributed by atoms with van der Waals surface area (Å²) >= 11 is 0. The maximum atomic E-state index is 5.54. The monoisotopic (exact) mass is 207 g/mol. The van der Waals surface area contributed by atoms with Crippen LogP contribution in [0.15, 0.2) is 22.8 Å². The highest BCUT2D eigenvalue weighted by molar-refractivity contribution is 5.06. The van der Waals surface area contributed by atoms with Crippen LogP contribution in [0.25, 0.3) is 0 Å². The lowest BCUT2D eigenvalue weighted by atomic mass is 9.83. The molecule has 0 aliphatic heterocycles. The Labute approximate surface area is 92.1 Å². The molecule has 0 radical (unpaired) electrons. The second-order valence-corrected chi connectivity index (χ2v) is 4.45. The predicted octanol–water partition coefficient (Wildman–Crippen LogP) is 3.51. The Bertz CT molecular complexity index is 262. The molecule has 1 fully saturated rings. The molecular formula is C13H21NO. The van der Waals surface area contributed by atoms with Gasteiger partial charge in [0.05, 0.1) is 12.3 Å². The average Bonchev–Trinajstić information content (AvgIpc) is 2.80. The molecule has 2 heteroatoms. The fraction of sp³-hybridized carbons (Fsp3) is 0.692. The van der Waals surface area contributed by atoms with Crippen molar-refractivity contribution in [3.8, 4) is 0 Å². The number of nitrogens with one attached hydrogen (secondary N) is 1. The van der Waals surface area contributed by atoms with Crippen LogP contribution in [0.1, 0.15) is 50.8 Å². The van der Waals surface area contributed by atoms with Crippen LogP contribution in [0, 0.1) is 5.92 Å². The van der Waals surface area contributed by atoms with Crippen molar-refractivity contribution in [3.05, 3.63) is 24.2 Å². The molecule has 15 heavy (non-hydrogen) atoms. The maximum Gasteiger partial charge on any atom is 0.120 e. The SMILES string of the molecule is CCNC(c1ccco1)C1CCCCC1. The Morgan fingerprint density at radius 3 is 2.80 bits per heavy atom. The lowest BCUT2D eigenvalue weighted by molar-refractivity contribution is 0.246. The number of hydrogen-bond donors (Lipinski definition) is 1. The van der Waals surface area contributed by atoms with E-state index in [2.05, 4.69) is 18.3 Å². The molecule has 0 saturated heterocycles. The summed E-state index contributed by atoms with van der Waals surface area (Å²) in [5.74, 6) is 1.88. The van der Waals surface area contributed by atoms with Gasteiger partial charge < -0.3 is 9.73 Å². The summed E-state index contributed by atoms with van der Waals surface area (Å²) in [5.41, 5.74) is 0. The molecule has 1 heterocycles. The smallest absolute Gasteiger partial charge is 0.120 e. The summed E-state index contributed by atoms with van der Waals surface area (Å²) in [4.78, 5) is 0. The van der Waals surface area contributed by atoms with E-state index in [0.29, 0.717) is 6.04 Å². The molecule has 0 bridgehead atoms. The van der Waals surface area contributed by atoms with Crippen molar-refractivity contribution < 1.29 is 4.42 Å². The molecule has 1 unspecified atom stereocenters. The predicted molar refractivity (Wildman–Crippen MR) is 61.7 cm³/mol. The van der Waals surface area contributed by atoms with Gasteiger partial charge in [0, 0.05) is 0 Å². The fourth-order valence-electron chi connectivity index (χ4n) is 2.66. The van der Waals surface area contributed by atoms with Gasteiger partial charge in [0.1, 0.15) is 5.76 Å². The van der Waals surface area contributed by atoms with Gasteiger partial charge in [-0.05, 0) is 37.4 Å². The molecule has 0 aromatic carbocycles. The molecule has 0 spiro atoms. The second kappa shape index (κ2) is 5.36. The molecule has 1 aromatic heterocycles. The Morgan fingerprint density at radius 1 is 1.40 bits per heavy atom. The van der Waals surface area contributed by atoms with Gasteiger partial charge >= 0.3 is 0 Å². The summed E-state index contributed by atoms with van der Waals surface area (Å²) in [6.45, 7) is 3.18. The van der Waals surface area contributed by atoms with Crippen LogP contribution in [0.4, 0.5) is 0 Å². The highest BCUT2D eigenvalue weighted by Gasteiger charge is 2.25. The first-order valence-electron chi connectivity index (χ1n) is 6.18. The van der Waals surface area contributed by atoms with Crippen LogP contribution in [-0.2, 0) is 0 Å². The van der Waals surface area contributed by atoms with E-state index in [9.17, 15) is 0 Å². The van der Waals surface area contributed by atoms with E-state index in [1.807, 2.05) is 6.07 Å². The van der Waals surface area contributed by atoms with Crippen LogP contribution >= 0.6 is 0 Å². The van der Waals surface area contributed by atoms with Crippen molar-refractivity contribution in [2.24, 2.45) is 5.92 Å². The Morgan fingerprint density at radius 2 is 2.20 bits per heavy atom. The van der Waals surface area contributed by atoms with Crippen LogP contribution in [0.5, 0.6) is 0 Å². The Hall–Kier alpha value is -0.760. The standard InChI is InChI=1S/C13H21NO/c1-2-14-13(12-9-6-10-15-12)11-7-4-3-5-8-11/h6,9-11,13-14H,2-5,7-8H2,1H3. The zero-order valence-electron chi connectivity index (χ0n) is 9.54. The van der Waals surface area contributed by atoms with Crippen molar-refractivity contribution >= 4 is 0 Å². The fourth-order valence-corrected chi connectivity index (χ4v) is 2.66. The molecule has 0 amide bonds. The van der Waals surface area contributed by atoms with Crippen LogP contribution in [0.3, 0.4) is 0 Å². The van der Waals surface area contributed by atoms with E-state index in [0.717, 1.165) is 18.2 Å². The van der Waals surface area contributed by atoms with E-state index >= 15 is 0 Å². The van der Waals surface area contributed by atoms with Gasteiger partial charge in [-0.15, -0.1) is 0 Å². The van der Waals surface area contributed by atoms with E-state index in [-0.39, 0.29) is 0 Å². The highest BCUT2D eigenvalue weighted by atomic mass is 16.3. The van der Waals surface area contributed by atoms with E-state index in [1.165, 1.54) is 32.1 Å². The summed E-state index contributed by atoms with van der Waals surface area (Å²) in [6.07, 6.45) is 8.65. The number of rotatable bonds is 4. The lowest BCUT2D eigenvalue weighted by Gasteiger charge is -2.29. The van der Waals surface area contributed by atoms with Gasteiger partial charge in [0.15, 0.2) is 0 Å². The third-order valence-electron chi connectivity index (χ3n) is 3.39. The van der Waals surface area contributed by atoms with Gasteiger partial charge in [0.25, 0.3) is 0 Å². The van der Waals surface area contributed by atoms with Crippen molar-refractivity contribution in [1.29, 1.82) is 0 Å². The van der Waals surface area contributed by atoms with Gasteiger partial charge in [-0.3, -0.25) is 0 Å². The third-order valence-corrected chi connectivity index (χ3v) is 3.39. The first-order chi connectivity index (χ1) is 7.42. The van der Waals surface area contributed by atoms with Gasteiger partial charge in [-0.2, -0.15) is 0 Å². The minimum atomic E-state index is 0.435. The van der Waals surface area contributed by atoms with E-state index < -0.39 is 0 Å². The largest absolute Gasteiger partial charge is 0.468 e. The third kappa shape index (κ3) is 2.63. The molecule has 1 aromatic rings. The minimum Gasteiger partial charge on any atom is -0.468 e. The van der Waals surface area contributed by atoms with Gasteiger partial charge in [0.2, 0.25) is 0 Å². The van der Waals surface area contributed by atoms with Crippen LogP contribution in [-0.4, -0.2) is 6.54 Å². The molecule has 1 aliphatic carbocycles. The summed E-state index contributed by atoms with van der Waals surface area (Å²) in [6, 6.07) is 4.52. The minimum absolute atomic E-state index is 0.435.